The molecule has 1 aromatic heterocycles. The molecule has 0 radical (unpaired) electrons. The first-order valence-corrected chi connectivity index (χ1v) is 6.41. The van der Waals surface area contributed by atoms with Crippen molar-refractivity contribution in [3.05, 3.63) is 42.0 Å². The number of aromatic nitrogens is 2. The van der Waals surface area contributed by atoms with Crippen LogP contribution in [-0.4, -0.2) is 20.9 Å². The van der Waals surface area contributed by atoms with E-state index in [2.05, 4.69) is 47.1 Å². The van der Waals surface area contributed by atoms with Crippen LogP contribution in [0.4, 0.5) is 5.82 Å². The topological polar surface area (TPSA) is 55.0 Å². The van der Waals surface area contributed by atoms with E-state index in [1.165, 1.54) is 0 Å². The number of hydrogen-bond acceptors (Lipinski definition) is 4. The van der Waals surface area contributed by atoms with Crippen molar-refractivity contribution in [3.63, 3.8) is 0 Å². The van der Waals surface area contributed by atoms with Gasteiger partial charge in [-0.05, 0) is 25.6 Å². The van der Waals surface area contributed by atoms with Gasteiger partial charge in [0, 0.05) is 30.8 Å². The highest BCUT2D eigenvalue weighted by Gasteiger charge is 2.12. The molecule has 0 aliphatic carbocycles. The molecule has 2 rings (SSSR count). The molecular weight excluding hydrogens is 224 g/mol. The van der Waals surface area contributed by atoms with E-state index in [1.807, 2.05) is 12.3 Å². The van der Waals surface area contributed by atoms with E-state index in [0.717, 1.165) is 30.8 Å². The number of rotatable bonds is 4. The molecule has 0 fully saturated rings. The van der Waals surface area contributed by atoms with Crippen molar-refractivity contribution in [2.24, 2.45) is 0 Å². The Morgan fingerprint density at radius 3 is 2.89 bits per heavy atom. The molecule has 0 aromatic carbocycles. The second kappa shape index (κ2) is 5.67. The van der Waals surface area contributed by atoms with Gasteiger partial charge in [-0.1, -0.05) is 19.1 Å². The Morgan fingerprint density at radius 2 is 2.22 bits per heavy atom. The van der Waals surface area contributed by atoms with Crippen molar-refractivity contribution in [2.45, 2.75) is 39.3 Å². The average molecular weight is 244 g/mol. The summed E-state index contributed by atoms with van der Waals surface area (Å²) in [6.45, 7) is 5.02. The van der Waals surface area contributed by atoms with Crippen LogP contribution in [0.5, 0.6) is 0 Å². The van der Waals surface area contributed by atoms with Crippen molar-refractivity contribution in [3.8, 4) is 0 Å². The van der Waals surface area contributed by atoms with Gasteiger partial charge in [0.15, 0.2) is 0 Å². The number of aryl methyl sites for hydroxylation is 1. The van der Waals surface area contributed by atoms with E-state index >= 15 is 0 Å². The first kappa shape index (κ1) is 12.6. The first-order chi connectivity index (χ1) is 8.70. The number of nitrogen functional groups attached to an aromatic ring is 1. The number of nitrogens with two attached hydrogens (primary N) is 1. The fraction of sp³-hybridized carbons (Fsp3) is 0.429. The molecular formula is C14H20N4. The number of nitrogens with zero attached hydrogens (tertiary/aromatic N) is 3. The summed E-state index contributed by atoms with van der Waals surface area (Å²) in [4.78, 5) is 10.9. The van der Waals surface area contributed by atoms with Crippen LogP contribution in [0.1, 0.15) is 31.7 Å². The second-order valence-corrected chi connectivity index (χ2v) is 4.59. The summed E-state index contributed by atoms with van der Waals surface area (Å²) in [5, 5.41) is 0. The van der Waals surface area contributed by atoms with Crippen LogP contribution in [0, 0.1) is 0 Å². The van der Waals surface area contributed by atoms with Gasteiger partial charge in [-0.3, -0.25) is 0 Å². The maximum Gasteiger partial charge on any atom is 0.132 e. The molecule has 0 saturated heterocycles. The number of hydrogen-bond donors (Lipinski definition) is 1. The largest absolute Gasteiger partial charge is 0.383 e. The van der Waals surface area contributed by atoms with Crippen LogP contribution in [0.25, 0.3) is 0 Å². The highest BCUT2D eigenvalue weighted by Crippen LogP contribution is 2.16. The lowest BCUT2D eigenvalue weighted by Gasteiger charge is -2.27. The van der Waals surface area contributed by atoms with E-state index in [4.69, 9.17) is 5.73 Å². The third kappa shape index (κ3) is 2.88. The van der Waals surface area contributed by atoms with E-state index in [0.29, 0.717) is 11.9 Å². The molecule has 0 spiro atoms. The molecule has 0 bridgehead atoms. The molecule has 96 valence electrons. The van der Waals surface area contributed by atoms with Crippen LogP contribution in [0.3, 0.4) is 0 Å². The van der Waals surface area contributed by atoms with Crippen molar-refractivity contribution in [2.75, 3.05) is 5.73 Å². The Bertz CT molecular complexity index is 465. The van der Waals surface area contributed by atoms with Crippen molar-refractivity contribution in [1.29, 1.82) is 0 Å². The van der Waals surface area contributed by atoms with Gasteiger partial charge in [0.1, 0.15) is 11.6 Å². The van der Waals surface area contributed by atoms with Gasteiger partial charge >= 0.3 is 0 Å². The zero-order chi connectivity index (χ0) is 13.0. The second-order valence-electron chi connectivity index (χ2n) is 4.59. The molecule has 1 aromatic rings. The Balaban J connectivity index is 2.10. The van der Waals surface area contributed by atoms with E-state index in [-0.39, 0.29) is 0 Å². The predicted molar refractivity (Wildman–Crippen MR) is 73.7 cm³/mol. The highest BCUT2D eigenvalue weighted by atomic mass is 15.1. The normalized spacial score (nSPS) is 18.3. The summed E-state index contributed by atoms with van der Waals surface area (Å²) in [5.41, 5.74) is 6.98. The van der Waals surface area contributed by atoms with Gasteiger partial charge < -0.3 is 10.6 Å². The average Bonchev–Trinajstić information content (AvgIpc) is 2.35. The zero-order valence-corrected chi connectivity index (χ0v) is 11.0. The summed E-state index contributed by atoms with van der Waals surface area (Å²) < 4.78 is 0. The van der Waals surface area contributed by atoms with Crippen LogP contribution >= 0.6 is 0 Å². The van der Waals surface area contributed by atoms with Gasteiger partial charge in [0.2, 0.25) is 0 Å². The molecule has 1 unspecified atom stereocenters. The monoisotopic (exact) mass is 244 g/mol. The third-order valence-electron chi connectivity index (χ3n) is 3.08. The minimum atomic E-state index is 0.379. The Hall–Kier alpha value is -1.84. The molecule has 2 N–H and O–H groups in total. The van der Waals surface area contributed by atoms with Crippen molar-refractivity contribution in [1.82, 2.24) is 14.9 Å². The van der Waals surface area contributed by atoms with Gasteiger partial charge in [-0.25, -0.2) is 9.97 Å². The van der Waals surface area contributed by atoms with Crippen LogP contribution in [0.15, 0.2) is 30.6 Å². The van der Waals surface area contributed by atoms with E-state index in [9.17, 15) is 0 Å². The van der Waals surface area contributed by atoms with E-state index < -0.39 is 0 Å². The Labute approximate surface area is 108 Å². The maximum atomic E-state index is 5.99. The van der Waals surface area contributed by atoms with Gasteiger partial charge in [0.05, 0.1) is 0 Å². The predicted octanol–water partition coefficient (Wildman–Crippen LogP) is 2.29. The fourth-order valence-electron chi connectivity index (χ4n) is 1.95. The molecule has 1 aliphatic heterocycles. The van der Waals surface area contributed by atoms with Crippen molar-refractivity contribution >= 4 is 5.82 Å². The lowest BCUT2D eigenvalue weighted by molar-refractivity contribution is 0.325. The standard InChI is InChI=1S/C14H20N4/c1-3-6-13-16-9-12(14(15)17-13)10-18-8-5-4-7-11(18)2/h4-5,7-9,11H,3,6,10H2,1-2H3,(H2,15,16,17). The SMILES string of the molecule is CCCc1ncc(CN2C=CC=CC2C)c(N)n1. The van der Waals surface area contributed by atoms with Crippen LogP contribution in [-0.2, 0) is 13.0 Å². The number of anilines is 1. The summed E-state index contributed by atoms with van der Waals surface area (Å²) >= 11 is 0. The van der Waals surface area contributed by atoms with Crippen LogP contribution in [0.2, 0.25) is 0 Å². The first-order valence-electron chi connectivity index (χ1n) is 6.41. The summed E-state index contributed by atoms with van der Waals surface area (Å²) in [6, 6.07) is 0.379. The molecule has 1 atom stereocenters. The lowest BCUT2D eigenvalue weighted by Crippen LogP contribution is -2.27. The molecule has 4 nitrogen and oxygen atoms in total. The van der Waals surface area contributed by atoms with Crippen molar-refractivity contribution < 1.29 is 0 Å². The van der Waals surface area contributed by atoms with Gasteiger partial charge in [-0.2, -0.15) is 0 Å². The van der Waals surface area contributed by atoms with Crippen LogP contribution < -0.4 is 5.73 Å². The Kier molecular flexibility index (Phi) is 3.97. The summed E-state index contributed by atoms with van der Waals surface area (Å²) in [7, 11) is 0. The summed E-state index contributed by atoms with van der Waals surface area (Å²) in [5.74, 6) is 1.43. The minimum absolute atomic E-state index is 0.379. The molecule has 0 saturated carbocycles. The van der Waals surface area contributed by atoms with E-state index in [1.54, 1.807) is 0 Å². The zero-order valence-electron chi connectivity index (χ0n) is 11.0. The number of allylic oxidation sites excluding steroid dienone is 2. The smallest absolute Gasteiger partial charge is 0.132 e. The molecule has 2 heterocycles. The molecule has 1 aliphatic rings. The molecule has 4 heteroatoms. The maximum absolute atomic E-state index is 5.99. The van der Waals surface area contributed by atoms with Gasteiger partial charge in [0.25, 0.3) is 0 Å². The minimum Gasteiger partial charge on any atom is -0.383 e. The fourth-order valence-corrected chi connectivity index (χ4v) is 1.95. The Morgan fingerprint density at radius 1 is 1.39 bits per heavy atom. The van der Waals surface area contributed by atoms with Gasteiger partial charge in [-0.15, -0.1) is 0 Å². The highest BCUT2D eigenvalue weighted by molar-refractivity contribution is 5.38. The quantitative estimate of drug-likeness (QED) is 0.883. The lowest BCUT2D eigenvalue weighted by atomic mass is 10.2. The summed E-state index contributed by atoms with van der Waals surface area (Å²) in [6.07, 6.45) is 12.1. The third-order valence-corrected chi connectivity index (χ3v) is 3.08. The molecule has 18 heavy (non-hydrogen) atoms. The molecule has 0 amide bonds.